The minimum Gasteiger partial charge on any atom is -0.309 e. The van der Waals surface area contributed by atoms with Gasteiger partial charge in [0, 0.05) is 38.4 Å². The number of nitriles is 1. The second kappa shape index (κ2) is 15.6. The van der Waals surface area contributed by atoms with Crippen molar-refractivity contribution in [2.24, 2.45) is 0 Å². The molecule has 0 bridgehead atoms. The lowest BCUT2D eigenvalue weighted by Crippen LogP contribution is -2.04. The Balaban J connectivity index is 1.21. The molecule has 314 valence electrons. The zero-order valence-electron chi connectivity index (χ0n) is 35.8. The van der Waals surface area contributed by atoms with Crippen LogP contribution in [0.1, 0.15) is 22.3 Å². The van der Waals surface area contributed by atoms with Crippen LogP contribution in [-0.2, 0) is 6.18 Å². The number of hydrogen-bond acceptors (Lipinski definition) is 1. The van der Waals surface area contributed by atoms with Crippen LogP contribution in [0, 0.1) is 31.8 Å². The maximum atomic E-state index is 14.1. The first kappa shape index (κ1) is 40.1. The molecular weight excluding hydrogens is 822 g/mol. The molecule has 7 heteroatoms. The Labute approximate surface area is 379 Å². The van der Waals surface area contributed by atoms with Gasteiger partial charge in [-0.05, 0) is 137 Å². The van der Waals surface area contributed by atoms with Crippen LogP contribution in [0.15, 0.2) is 188 Å². The number of para-hydroxylation sites is 2. The number of aryl methyl sites for hydroxylation is 2. The van der Waals surface area contributed by atoms with Crippen LogP contribution >= 0.6 is 0 Å². The normalized spacial score (nSPS) is 11.7. The molecule has 0 unspecified atom stereocenters. The Morgan fingerprint density at radius 1 is 0.470 bits per heavy atom. The van der Waals surface area contributed by atoms with Gasteiger partial charge >= 0.3 is 6.18 Å². The highest BCUT2D eigenvalue weighted by molar-refractivity contribution is 6.12. The van der Waals surface area contributed by atoms with Gasteiger partial charge in [0.15, 0.2) is 5.69 Å². The number of halogens is 3. The van der Waals surface area contributed by atoms with Crippen molar-refractivity contribution >= 4 is 49.3 Å². The molecule has 0 radical (unpaired) electrons. The number of nitrogens with zero attached hydrogens (tertiary/aromatic N) is 4. The molecule has 9 aromatic carbocycles. The minimum atomic E-state index is -4.63. The van der Waals surface area contributed by atoms with Crippen LogP contribution in [-0.4, -0.2) is 9.13 Å². The molecule has 0 aliphatic heterocycles. The Bertz CT molecular complexity index is 3870. The van der Waals surface area contributed by atoms with Crippen molar-refractivity contribution in [3.63, 3.8) is 0 Å². The monoisotopic (exact) mass is 858 g/mol. The lowest BCUT2D eigenvalue weighted by molar-refractivity contribution is -0.137. The Kier molecular flexibility index (Phi) is 9.46. The molecule has 2 aromatic heterocycles. The smallest absolute Gasteiger partial charge is 0.309 e. The fourth-order valence-corrected chi connectivity index (χ4v) is 9.79. The average Bonchev–Trinajstić information content (AvgIpc) is 3.85. The topological polar surface area (TPSA) is 38.0 Å². The van der Waals surface area contributed by atoms with E-state index in [-0.39, 0.29) is 5.69 Å². The van der Waals surface area contributed by atoms with Crippen molar-refractivity contribution < 1.29 is 13.2 Å². The molecule has 0 saturated carbocycles. The predicted molar refractivity (Wildman–Crippen MR) is 262 cm³/mol. The molecule has 11 rings (SSSR count). The summed E-state index contributed by atoms with van der Waals surface area (Å²) < 4.78 is 46.8. The van der Waals surface area contributed by atoms with Crippen molar-refractivity contribution in [3.05, 3.63) is 222 Å². The number of rotatable bonds is 6. The third-order valence-corrected chi connectivity index (χ3v) is 12.9. The van der Waals surface area contributed by atoms with Crippen LogP contribution in [0.2, 0.25) is 0 Å². The first-order valence-electron chi connectivity index (χ1n) is 21.6. The lowest BCUT2D eigenvalue weighted by Gasteiger charge is -2.20. The summed E-state index contributed by atoms with van der Waals surface area (Å²) in [5, 5.41) is 14.7. The summed E-state index contributed by atoms with van der Waals surface area (Å²) in [6.45, 7) is 12.4. The molecule has 0 saturated heterocycles. The van der Waals surface area contributed by atoms with Crippen molar-refractivity contribution in [3.8, 4) is 62.0 Å². The SMILES string of the molecule is [C-]#[N+]c1cc(C(F)(F)F)ccc1-c1ccc(-n2c3ccccc3c3cc(-c4ccccc4C)ccc32)cc1-c1cc(C#N)ccc1-n1c2ccccc2c2cc(-c3ccccc3C)ccc21. The zero-order chi connectivity index (χ0) is 45.3. The van der Waals surface area contributed by atoms with Crippen molar-refractivity contribution in [1.82, 2.24) is 9.13 Å². The molecular formula is C59H37F3N4. The summed E-state index contributed by atoms with van der Waals surface area (Å²) >= 11 is 0. The summed E-state index contributed by atoms with van der Waals surface area (Å²) in [5.74, 6) is 0. The summed E-state index contributed by atoms with van der Waals surface area (Å²) in [6.07, 6.45) is -4.63. The lowest BCUT2D eigenvalue weighted by atomic mass is 9.90. The first-order valence-corrected chi connectivity index (χ1v) is 21.6. The van der Waals surface area contributed by atoms with Crippen LogP contribution in [0.5, 0.6) is 0 Å². The van der Waals surface area contributed by atoms with Gasteiger partial charge < -0.3 is 9.13 Å². The van der Waals surface area contributed by atoms with Crippen LogP contribution < -0.4 is 0 Å². The third kappa shape index (κ3) is 6.52. The predicted octanol–water partition coefficient (Wildman–Crippen LogP) is 16.6. The standard InChI is InChI=1S/C59H37F3N4/c1-36-12-4-6-14-43(36)39-21-28-56-51(31-39)47-16-8-10-18-54(47)65(56)42-24-26-45(46-25-23-41(59(60,61)62)33-53(46)64-3)49(34-42)50-30-38(35-63)20-27-57(50)66-55-19-11-9-17-48(55)52-32-40(22-29-58(52)66)44-15-7-5-13-37(44)2/h4-34H,1-2H3. The molecule has 0 spiro atoms. The number of hydrogen-bond donors (Lipinski definition) is 0. The molecule has 11 aromatic rings. The summed E-state index contributed by atoms with van der Waals surface area (Å²) in [5.41, 5.74) is 13.8. The highest BCUT2D eigenvalue weighted by Crippen LogP contribution is 2.46. The number of fused-ring (bicyclic) bond motifs is 6. The molecule has 4 nitrogen and oxygen atoms in total. The van der Waals surface area contributed by atoms with Crippen molar-refractivity contribution in [1.29, 1.82) is 5.26 Å². The highest BCUT2D eigenvalue weighted by Gasteiger charge is 2.31. The van der Waals surface area contributed by atoms with E-state index in [1.165, 1.54) is 17.2 Å². The van der Waals surface area contributed by atoms with Gasteiger partial charge in [-0.15, -0.1) is 0 Å². The average molecular weight is 859 g/mol. The maximum absolute atomic E-state index is 14.1. The second-order valence-electron chi connectivity index (χ2n) is 16.7. The largest absolute Gasteiger partial charge is 0.415 e. The summed E-state index contributed by atoms with van der Waals surface area (Å²) in [4.78, 5) is 3.66. The Morgan fingerprint density at radius 3 is 1.61 bits per heavy atom. The molecule has 0 aliphatic carbocycles. The molecule has 0 amide bonds. The van der Waals surface area contributed by atoms with E-state index in [9.17, 15) is 18.4 Å². The van der Waals surface area contributed by atoms with Gasteiger partial charge in [0.05, 0.1) is 46.0 Å². The number of benzene rings is 9. The van der Waals surface area contributed by atoms with Crippen molar-refractivity contribution in [2.75, 3.05) is 0 Å². The van der Waals surface area contributed by atoms with Gasteiger partial charge in [-0.2, -0.15) is 18.4 Å². The van der Waals surface area contributed by atoms with E-state index >= 15 is 0 Å². The molecule has 0 N–H and O–H groups in total. The molecule has 0 aliphatic rings. The van der Waals surface area contributed by atoms with E-state index in [4.69, 9.17) is 6.57 Å². The van der Waals surface area contributed by atoms with Crippen LogP contribution in [0.4, 0.5) is 18.9 Å². The van der Waals surface area contributed by atoms with Gasteiger partial charge in [-0.1, -0.05) is 115 Å². The van der Waals surface area contributed by atoms with Gasteiger partial charge in [0.1, 0.15) is 0 Å². The summed E-state index contributed by atoms with van der Waals surface area (Å²) in [6, 6.07) is 63.3. The van der Waals surface area contributed by atoms with Gasteiger partial charge in [0.25, 0.3) is 0 Å². The Hall–Kier alpha value is -8.65. The fraction of sp³-hybridized carbons (Fsp3) is 0.0508. The van der Waals surface area contributed by atoms with Gasteiger partial charge in [-0.25, -0.2) is 4.85 Å². The van der Waals surface area contributed by atoms with Gasteiger partial charge in [-0.3, -0.25) is 0 Å². The maximum Gasteiger partial charge on any atom is 0.415 e. The van der Waals surface area contributed by atoms with Crippen molar-refractivity contribution in [2.45, 2.75) is 20.0 Å². The van der Waals surface area contributed by atoms with E-state index in [1.807, 2.05) is 78.9 Å². The van der Waals surface area contributed by atoms with E-state index < -0.39 is 11.7 Å². The zero-order valence-corrected chi connectivity index (χ0v) is 35.8. The minimum absolute atomic E-state index is 0.127. The highest BCUT2D eigenvalue weighted by atomic mass is 19.4. The van der Waals surface area contributed by atoms with E-state index in [0.717, 1.165) is 89.4 Å². The first-order chi connectivity index (χ1) is 32.1. The number of alkyl halides is 3. The quantitative estimate of drug-likeness (QED) is 0.154. The fourth-order valence-electron chi connectivity index (χ4n) is 9.79. The van der Waals surface area contributed by atoms with E-state index in [1.54, 1.807) is 6.07 Å². The van der Waals surface area contributed by atoms with Crippen LogP contribution in [0.3, 0.4) is 0 Å². The van der Waals surface area contributed by atoms with Crippen LogP contribution in [0.25, 0.3) is 104 Å². The number of aromatic nitrogens is 2. The van der Waals surface area contributed by atoms with E-state index in [0.29, 0.717) is 27.8 Å². The van der Waals surface area contributed by atoms with E-state index in [2.05, 4.69) is 119 Å². The third-order valence-electron chi connectivity index (χ3n) is 12.9. The second-order valence-corrected chi connectivity index (χ2v) is 16.7. The Morgan fingerprint density at radius 2 is 1.02 bits per heavy atom. The molecule has 66 heavy (non-hydrogen) atoms. The molecule has 0 atom stereocenters. The summed E-state index contributed by atoms with van der Waals surface area (Å²) in [7, 11) is 0. The molecule has 0 fully saturated rings. The van der Waals surface area contributed by atoms with Gasteiger partial charge in [0.2, 0.25) is 0 Å². The molecule has 2 heterocycles.